The molecule has 1 aromatic heterocycles. The van der Waals surface area contributed by atoms with E-state index in [1.54, 1.807) is 13.1 Å². The summed E-state index contributed by atoms with van der Waals surface area (Å²) < 4.78 is 20.0. The number of nitrogens with zero attached hydrogens (tertiary/aromatic N) is 4. The Balaban J connectivity index is 1.51. The molecule has 0 spiro atoms. The van der Waals surface area contributed by atoms with Crippen molar-refractivity contribution in [3.8, 4) is 11.3 Å². The minimum Gasteiger partial charge on any atom is -0.464 e. The number of carbonyl (C=O) groups is 2. The zero-order valence-electron chi connectivity index (χ0n) is 13.8. The van der Waals surface area contributed by atoms with Gasteiger partial charge < -0.3 is 9.64 Å². The van der Waals surface area contributed by atoms with Gasteiger partial charge in [0.05, 0.1) is 12.8 Å². The molecule has 1 amide bonds. The summed E-state index contributed by atoms with van der Waals surface area (Å²) >= 11 is 0. The van der Waals surface area contributed by atoms with Gasteiger partial charge in [-0.3, -0.25) is 4.79 Å². The number of carbonyl (C=O) groups excluding carboxylic acids is 2. The fraction of sp³-hybridized carbons (Fsp3) is 0.412. The molecular formula is C17H19FN4O3. The molecular weight excluding hydrogens is 327 g/mol. The van der Waals surface area contributed by atoms with Crippen molar-refractivity contribution >= 4 is 11.9 Å². The summed E-state index contributed by atoms with van der Waals surface area (Å²) in [6.07, 6.45) is 0.0150. The van der Waals surface area contributed by atoms with Crippen LogP contribution >= 0.6 is 0 Å². The Bertz CT molecular complexity index is 743. The number of benzene rings is 1. The summed E-state index contributed by atoms with van der Waals surface area (Å²) in [5.41, 5.74) is 1.60. The van der Waals surface area contributed by atoms with Crippen LogP contribution in [0.4, 0.5) is 4.39 Å². The topological polar surface area (TPSA) is 77.3 Å². The quantitative estimate of drug-likeness (QED) is 0.737. The average Bonchev–Trinajstić information content (AvgIpc) is 3.03. The third kappa shape index (κ3) is 3.84. The van der Waals surface area contributed by atoms with E-state index >= 15 is 0 Å². The van der Waals surface area contributed by atoms with Crippen molar-refractivity contribution in [2.45, 2.75) is 19.6 Å². The Labute approximate surface area is 144 Å². The van der Waals surface area contributed by atoms with E-state index in [0.717, 1.165) is 5.56 Å². The number of hydrogen-bond acceptors (Lipinski definition) is 5. The lowest BCUT2D eigenvalue weighted by Crippen LogP contribution is -2.55. The molecule has 3 rings (SSSR count). The van der Waals surface area contributed by atoms with Gasteiger partial charge in [-0.25, -0.2) is 13.9 Å². The molecule has 1 aliphatic heterocycles. The summed E-state index contributed by atoms with van der Waals surface area (Å²) in [6.45, 7) is 2.22. The first kappa shape index (κ1) is 17.1. The van der Waals surface area contributed by atoms with E-state index in [2.05, 4.69) is 15.0 Å². The number of ether oxygens (including phenoxy) is 1. The number of alkyl halides is 1. The lowest BCUT2D eigenvalue weighted by atomic mass is 9.94. The molecule has 7 nitrogen and oxygen atoms in total. The number of likely N-dealkylation sites (tertiary alicyclic amines) is 1. The predicted octanol–water partition coefficient (Wildman–Crippen LogP) is 1.30. The highest BCUT2D eigenvalue weighted by Crippen LogP contribution is 2.23. The van der Waals surface area contributed by atoms with Gasteiger partial charge >= 0.3 is 5.97 Å². The smallest absolute Gasteiger partial charge is 0.341 e. The van der Waals surface area contributed by atoms with Crippen LogP contribution in [0.5, 0.6) is 0 Å². The van der Waals surface area contributed by atoms with Crippen molar-refractivity contribution in [2.24, 2.45) is 5.92 Å². The van der Waals surface area contributed by atoms with Crippen molar-refractivity contribution in [2.75, 3.05) is 19.7 Å². The SMILES string of the molecule is CCOC(=O)C(F)C1CN(C(=O)Cn2cc(-c3ccccc3)nn2)C1. The van der Waals surface area contributed by atoms with Gasteiger partial charge in [-0.1, -0.05) is 35.5 Å². The van der Waals surface area contributed by atoms with E-state index in [0.29, 0.717) is 5.69 Å². The molecule has 1 atom stereocenters. The second-order valence-corrected chi connectivity index (χ2v) is 5.88. The van der Waals surface area contributed by atoms with E-state index in [1.165, 1.54) is 9.58 Å². The number of rotatable bonds is 6. The molecule has 1 fully saturated rings. The average molecular weight is 346 g/mol. The van der Waals surface area contributed by atoms with Crippen LogP contribution in [0, 0.1) is 5.92 Å². The van der Waals surface area contributed by atoms with Crippen molar-refractivity contribution in [1.29, 1.82) is 0 Å². The van der Waals surface area contributed by atoms with Gasteiger partial charge in [0.1, 0.15) is 12.2 Å². The Morgan fingerprint density at radius 1 is 1.32 bits per heavy atom. The van der Waals surface area contributed by atoms with E-state index in [1.807, 2.05) is 30.3 Å². The van der Waals surface area contributed by atoms with Crippen molar-refractivity contribution in [3.05, 3.63) is 36.5 Å². The highest BCUT2D eigenvalue weighted by atomic mass is 19.1. The standard InChI is InChI=1S/C17H19FN4O3/c1-2-25-17(24)16(18)13-8-21(9-13)15(23)11-22-10-14(19-20-22)12-6-4-3-5-7-12/h3-7,10,13,16H,2,8-9,11H2,1H3. The van der Waals surface area contributed by atoms with Crippen LogP contribution in [-0.2, 0) is 20.9 Å². The molecule has 1 unspecified atom stereocenters. The molecule has 2 aromatic rings. The fourth-order valence-corrected chi connectivity index (χ4v) is 2.67. The second-order valence-electron chi connectivity index (χ2n) is 5.88. The molecule has 1 saturated heterocycles. The normalized spacial score (nSPS) is 15.5. The first-order valence-electron chi connectivity index (χ1n) is 8.12. The molecule has 0 radical (unpaired) electrons. The van der Waals surface area contributed by atoms with E-state index in [9.17, 15) is 14.0 Å². The molecule has 1 aromatic carbocycles. The molecule has 0 N–H and O–H groups in total. The number of hydrogen-bond donors (Lipinski definition) is 0. The Kier molecular flexibility index (Phi) is 5.06. The van der Waals surface area contributed by atoms with Gasteiger partial charge in [-0.2, -0.15) is 0 Å². The first-order chi connectivity index (χ1) is 12.1. The molecule has 0 bridgehead atoms. The van der Waals surface area contributed by atoms with Crippen molar-refractivity contribution in [1.82, 2.24) is 19.9 Å². The van der Waals surface area contributed by atoms with Crippen LogP contribution < -0.4 is 0 Å². The molecule has 0 saturated carbocycles. The fourth-order valence-electron chi connectivity index (χ4n) is 2.67. The highest BCUT2D eigenvalue weighted by Gasteiger charge is 2.40. The van der Waals surface area contributed by atoms with Crippen LogP contribution in [0.3, 0.4) is 0 Å². The summed E-state index contributed by atoms with van der Waals surface area (Å²) in [5, 5.41) is 8.00. The van der Waals surface area contributed by atoms with E-state index < -0.39 is 18.1 Å². The van der Waals surface area contributed by atoms with Gasteiger partial charge in [0.2, 0.25) is 12.1 Å². The number of esters is 1. The molecule has 2 heterocycles. The third-order valence-electron chi connectivity index (χ3n) is 4.09. The minimum absolute atomic E-state index is 0.0307. The number of amides is 1. The summed E-state index contributed by atoms with van der Waals surface area (Å²) in [4.78, 5) is 25.1. The number of halogens is 1. The Hall–Kier alpha value is -2.77. The monoisotopic (exact) mass is 346 g/mol. The maximum absolute atomic E-state index is 13.8. The second kappa shape index (κ2) is 7.42. The zero-order valence-corrected chi connectivity index (χ0v) is 13.8. The molecule has 1 aliphatic rings. The zero-order chi connectivity index (χ0) is 17.8. The molecule has 132 valence electrons. The Morgan fingerprint density at radius 2 is 2.04 bits per heavy atom. The summed E-state index contributed by atoms with van der Waals surface area (Å²) in [5.74, 6) is -1.54. The maximum atomic E-state index is 13.8. The van der Waals surface area contributed by atoms with Crippen LogP contribution in [-0.4, -0.2) is 57.6 Å². The molecule has 0 aliphatic carbocycles. The van der Waals surface area contributed by atoms with E-state index in [-0.39, 0.29) is 32.1 Å². The van der Waals surface area contributed by atoms with E-state index in [4.69, 9.17) is 0 Å². The van der Waals surface area contributed by atoms with Gasteiger partial charge in [-0.05, 0) is 6.92 Å². The molecule has 8 heteroatoms. The highest BCUT2D eigenvalue weighted by molar-refractivity contribution is 5.79. The third-order valence-corrected chi connectivity index (χ3v) is 4.09. The van der Waals surface area contributed by atoms with Crippen molar-refractivity contribution in [3.63, 3.8) is 0 Å². The maximum Gasteiger partial charge on any atom is 0.341 e. The predicted molar refractivity (Wildman–Crippen MR) is 87.1 cm³/mol. The lowest BCUT2D eigenvalue weighted by molar-refractivity contribution is -0.157. The van der Waals surface area contributed by atoms with Crippen LogP contribution in [0.15, 0.2) is 36.5 Å². The first-order valence-corrected chi connectivity index (χ1v) is 8.12. The van der Waals surface area contributed by atoms with Gasteiger partial charge in [-0.15, -0.1) is 5.10 Å². The summed E-state index contributed by atoms with van der Waals surface area (Å²) in [6, 6.07) is 9.53. The van der Waals surface area contributed by atoms with Crippen molar-refractivity contribution < 1.29 is 18.7 Å². The van der Waals surface area contributed by atoms with Crippen LogP contribution in [0.2, 0.25) is 0 Å². The summed E-state index contributed by atoms with van der Waals surface area (Å²) in [7, 11) is 0. The lowest BCUT2D eigenvalue weighted by Gasteiger charge is -2.39. The largest absolute Gasteiger partial charge is 0.464 e. The van der Waals surface area contributed by atoms with Gasteiger partial charge in [0.15, 0.2) is 0 Å². The number of aromatic nitrogens is 3. The van der Waals surface area contributed by atoms with Crippen LogP contribution in [0.25, 0.3) is 11.3 Å². The minimum atomic E-state index is -1.68. The van der Waals surface area contributed by atoms with Crippen LogP contribution in [0.1, 0.15) is 6.92 Å². The molecule has 25 heavy (non-hydrogen) atoms. The Morgan fingerprint density at radius 3 is 2.72 bits per heavy atom. The van der Waals surface area contributed by atoms with Gasteiger partial charge in [0.25, 0.3) is 0 Å². The van der Waals surface area contributed by atoms with Gasteiger partial charge in [0, 0.05) is 24.6 Å².